The highest BCUT2D eigenvalue weighted by Crippen LogP contribution is 2.39. The van der Waals surface area contributed by atoms with Crippen molar-refractivity contribution in [2.24, 2.45) is 11.8 Å². The first kappa shape index (κ1) is 14.7. The number of fused-ring (bicyclic) bond motifs is 1. The van der Waals surface area contributed by atoms with E-state index in [4.69, 9.17) is 0 Å². The number of carbonyl (C=O) groups is 2. The minimum absolute atomic E-state index is 0.142. The molecule has 2 aliphatic carbocycles. The van der Waals surface area contributed by atoms with Gasteiger partial charge in [-0.15, -0.1) is 0 Å². The predicted octanol–water partition coefficient (Wildman–Crippen LogP) is 2.60. The average molecular weight is 294 g/mol. The second kappa shape index (κ2) is 6.24. The van der Waals surface area contributed by atoms with E-state index in [0.29, 0.717) is 24.8 Å². The van der Waals surface area contributed by atoms with Crippen LogP contribution < -0.4 is 5.32 Å². The molecule has 5 heteroatoms. The minimum atomic E-state index is -0.847. The largest absolute Gasteiger partial charge is 0.480 e. The molecule has 5 nitrogen and oxygen atoms in total. The zero-order valence-electron chi connectivity index (χ0n) is 12.6. The first-order valence-electron chi connectivity index (χ1n) is 8.46. The summed E-state index contributed by atoms with van der Waals surface area (Å²) < 4.78 is 0. The molecule has 2 N–H and O–H groups in total. The molecular weight excluding hydrogens is 268 g/mol. The van der Waals surface area contributed by atoms with E-state index in [9.17, 15) is 14.7 Å². The Bertz CT molecular complexity index is 406. The molecular formula is C16H26N2O3. The van der Waals surface area contributed by atoms with Crippen molar-refractivity contribution < 1.29 is 14.7 Å². The fourth-order valence-corrected chi connectivity index (χ4v) is 4.51. The van der Waals surface area contributed by atoms with E-state index in [0.717, 1.165) is 19.3 Å². The Balaban J connectivity index is 1.64. The van der Waals surface area contributed by atoms with Crippen LogP contribution in [0.2, 0.25) is 0 Å². The number of hydrogen-bond acceptors (Lipinski definition) is 2. The van der Waals surface area contributed by atoms with Crippen LogP contribution in [0.15, 0.2) is 0 Å². The van der Waals surface area contributed by atoms with Gasteiger partial charge in [0, 0.05) is 12.6 Å². The van der Waals surface area contributed by atoms with Gasteiger partial charge >= 0.3 is 12.0 Å². The SMILES string of the molecule is O=C(O)C1CC2CCCCC2N1C(=O)NCC1CCCC1. The van der Waals surface area contributed by atoms with Crippen LogP contribution in [0, 0.1) is 11.8 Å². The monoisotopic (exact) mass is 294 g/mol. The van der Waals surface area contributed by atoms with E-state index < -0.39 is 12.0 Å². The molecule has 2 amide bonds. The van der Waals surface area contributed by atoms with Crippen molar-refractivity contribution in [3.63, 3.8) is 0 Å². The molecule has 1 heterocycles. The quantitative estimate of drug-likeness (QED) is 0.840. The van der Waals surface area contributed by atoms with Crippen LogP contribution in [-0.4, -0.2) is 40.6 Å². The number of likely N-dealkylation sites (tertiary alicyclic amines) is 1. The summed E-state index contributed by atoms with van der Waals surface area (Å²) >= 11 is 0. The van der Waals surface area contributed by atoms with E-state index in [2.05, 4.69) is 5.32 Å². The van der Waals surface area contributed by atoms with Gasteiger partial charge < -0.3 is 15.3 Å². The van der Waals surface area contributed by atoms with Crippen LogP contribution in [0.4, 0.5) is 4.79 Å². The van der Waals surface area contributed by atoms with Gasteiger partial charge in [-0.3, -0.25) is 0 Å². The van der Waals surface area contributed by atoms with Gasteiger partial charge in [-0.1, -0.05) is 25.7 Å². The van der Waals surface area contributed by atoms with E-state index in [-0.39, 0.29) is 12.1 Å². The Morgan fingerprint density at radius 2 is 1.71 bits per heavy atom. The number of urea groups is 1. The van der Waals surface area contributed by atoms with Gasteiger partial charge in [0.1, 0.15) is 6.04 Å². The van der Waals surface area contributed by atoms with Crippen molar-refractivity contribution in [2.75, 3.05) is 6.54 Å². The van der Waals surface area contributed by atoms with Gasteiger partial charge in [0.05, 0.1) is 0 Å². The van der Waals surface area contributed by atoms with E-state index >= 15 is 0 Å². The minimum Gasteiger partial charge on any atom is -0.480 e. The summed E-state index contributed by atoms with van der Waals surface area (Å²) in [6.07, 6.45) is 9.84. The molecule has 0 bridgehead atoms. The van der Waals surface area contributed by atoms with Crippen LogP contribution in [0.3, 0.4) is 0 Å². The van der Waals surface area contributed by atoms with Crippen molar-refractivity contribution in [3.8, 4) is 0 Å². The third-order valence-corrected chi connectivity index (χ3v) is 5.62. The fraction of sp³-hybridized carbons (Fsp3) is 0.875. The Kier molecular flexibility index (Phi) is 4.36. The van der Waals surface area contributed by atoms with Crippen LogP contribution >= 0.6 is 0 Å². The van der Waals surface area contributed by atoms with Gasteiger partial charge in [0.25, 0.3) is 0 Å². The Morgan fingerprint density at radius 3 is 2.43 bits per heavy atom. The second-order valence-electron chi connectivity index (χ2n) is 6.95. The lowest BCUT2D eigenvalue weighted by Crippen LogP contribution is -2.51. The molecule has 0 aromatic heterocycles. The zero-order chi connectivity index (χ0) is 14.8. The van der Waals surface area contributed by atoms with Crippen LogP contribution in [0.25, 0.3) is 0 Å². The highest BCUT2D eigenvalue weighted by molar-refractivity contribution is 5.83. The number of carboxylic acid groups (broad SMARTS) is 1. The maximum absolute atomic E-state index is 12.5. The number of carbonyl (C=O) groups excluding carboxylic acids is 1. The molecule has 3 atom stereocenters. The summed E-state index contributed by atoms with van der Waals surface area (Å²) in [5, 5.41) is 12.4. The zero-order valence-corrected chi connectivity index (χ0v) is 12.6. The standard InChI is InChI=1S/C16H26N2O3/c19-15(20)14-9-12-7-3-4-8-13(12)18(14)16(21)17-10-11-5-1-2-6-11/h11-14H,1-10H2,(H,17,21)(H,19,20). The van der Waals surface area contributed by atoms with Gasteiger partial charge in [-0.2, -0.15) is 0 Å². The smallest absolute Gasteiger partial charge is 0.326 e. The Labute approximate surface area is 126 Å². The molecule has 3 unspecified atom stereocenters. The van der Waals surface area contributed by atoms with Crippen LogP contribution in [0.5, 0.6) is 0 Å². The van der Waals surface area contributed by atoms with Crippen molar-refractivity contribution in [1.29, 1.82) is 0 Å². The lowest BCUT2D eigenvalue weighted by atomic mass is 9.85. The Hall–Kier alpha value is -1.26. The number of carboxylic acids is 1. The molecule has 3 aliphatic rings. The van der Waals surface area contributed by atoms with Crippen molar-refractivity contribution in [3.05, 3.63) is 0 Å². The third kappa shape index (κ3) is 3.01. The molecule has 0 radical (unpaired) electrons. The second-order valence-corrected chi connectivity index (χ2v) is 6.95. The molecule has 0 aromatic carbocycles. The molecule has 118 valence electrons. The summed E-state index contributed by atoms with van der Waals surface area (Å²) in [6, 6.07) is -0.631. The number of rotatable bonds is 3. The molecule has 3 fully saturated rings. The summed E-state index contributed by atoms with van der Waals surface area (Å²) in [6.45, 7) is 0.707. The van der Waals surface area contributed by atoms with Gasteiger partial charge in [0.15, 0.2) is 0 Å². The normalized spacial score (nSPS) is 33.0. The summed E-state index contributed by atoms with van der Waals surface area (Å²) in [5.41, 5.74) is 0. The predicted molar refractivity (Wildman–Crippen MR) is 79.0 cm³/mol. The third-order valence-electron chi connectivity index (χ3n) is 5.62. The average Bonchev–Trinajstić information content (AvgIpc) is 3.11. The summed E-state index contributed by atoms with van der Waals surface area (Å²) in [5.74, 6) is 0.125. The van der Waals surface area contributed by atoms with Crippen molar-refractivity contribution in [1.82, 2.24) is 10.2 Å². The number of aliphatic carboxylic acids is 1. The van der Waals surface area contributed by atoms with Gasteiger partial charge in [-0.25, -0.2) is 9.59 Å². The lowest BCUT2D eigenvalue weighted by Gasteiger charge is -2.33. The fourth-order valence-electron chi connectivity index (χ4n) is 4.51. The topological polar surface area (TPSA) is 69.6 Å². The number of nitrogens with zero attached hydrogens (tertiary/aromatic N) is 1. The number of hydrogen-bond donors (Lipinski definition) is 2. The molecule has 3 rings (SSSR count). The maximum Gasteiger partial charge on any atom is 0.326 e. The first-order chi connectivity index (χ1) is 10.2. The molecule has 0 spiro atoms. The molecule has 0 aromatic rings. The van der Waals surface area contributed by atoms with Crippen LogP contribution in [-0.2, 0) is 4.79 Å². The Morgan fingerprint density at radius 1 is 1.05 bits per heavy atom. The highest BCUT2D eigenvalue weighted by Gasteiger charge is 2.47. The van der Waals surface area contributed by atoms with E-state index in [1.165, 1.54) is 32.1 Å². The highest BCUT2D eigenvalue weighted by atomic mass is 16.4. The van der Waals surface area contributed by atoms with E-state index in [1.807, 2.05) is 0 Å². The molecule has 1 saturated heterocycles. The van der Waals surface area contributed by atoms with Crippen LogP contribution in [0.1, 0.15) is 57.8 Å². The number of amides is 2. The van der Waals surface area contributed by atoms with Gasteiger partial charge in [-0.05, 0) is 43.9 Å². The van der Waals surface area contributed by atoms with E-state index in [1.54, 1.807) is 4.90 Å². The maximum atomic E-state index is 12.5. The number of nitrogens with one attached hydrogen (secondary N) is 1. The molecule has 21 heavy (non-hydrogen) atoms. The van der Waals surface area contributed by atoms with Crippen molar-refractivity contribution in [2.45, 2.75) is 69.9 Å². The van der Waals surface area contributed by atoms with Crippen molar-refractivity contribution >= 4 is 12.0 Å². The molecule has 2 saturated carbocycles. The first-order valence-corrected chi connectivity index (χ1v) is 8.46. The summed E-state index contributed by atoms with van der Waals surface area (Å²) in [4.78, 5) is 25.7. The van der Waals surface area contributed by atoms with Gasteiger partial charge in [0.2, 0.25) is 0 Å². The molecule has 1 aliphatic heterocycles. The lowest BCUT2D eigenvalue weighted by molar-refractivity contribution is -0.141. The summed E-state index contributed by atoms with van der Waals surface area (Å²) in [7, 11) is 0.